The van der Waals surface area contributed by atoms with Crippen molar-refractivity contribution < 1.29 is 4.74 Å². The first-order valence-corrected chi connectivity index (χ1v) is 13.3. The number of likely N-dealkylation sites (tertiary alicyclic amines) is 1. The monoisotopic (exact) mass is 549 g/mol. The van der Waals surface area contributed by atoms with E-state index in [9.17, 15) is 0 Å². The fourth-order valence-electron chi connectivity index (χ4n) is 5.00. The average Bonchev–Trinajstić information content (AvgIpc) is 3.67. The van der Waals surface area contributed by atoms with E-state index in [2.05, 4.69) is 69.2 Å². The topological polar surface area (TPSA) is 115 Å². The maximum absolute atomic E-state index is 6.84. The molecule has 0 saturated carbocycles. The molecule has 12 nitrogen and oxygen atoms in total. The number of pyridine rings is 1. The van der Waals surface area contributed by atoms with Gasteiger partial charge in [-0.3, -0.25) is 4.68 Å². The minimum Gasteiger partial charge on any atom is -0.450 e. The molecule has 0 spiro atoms. The van der Waals surface area contributed by atoms with E-state index < -0.39 is 0 Å². The van der Waals surface area contributed by atoms with Crippen LogP contribution in [0, 0.1) is 0 Å². The Morgan fingerprint density at radius 1 is 1.08 bits per heavy atom. The van der Waals surface area contributed by atoms with Crippen molar-refractivity contribution in [3.8, 4) is 11.5 Å². The number of fused-ring (bicyclic) bond motifs is 2. The van der Waals surface area contributed by atoms with Gasteiger partial charge in [0.05, 0.1) is 30.8 Å². The number of nitrogens with zero attached hydrogens (tertiary/aromatic N) is 9. The summed E-state index contributed by atoms with van der Waals surface area (Å²) >= 11 is 6.84. The normalized spacial score (nSPS) is 16.4. The van der Waals surface area contributed by atoms with Crippen molar-refractivity contribution in [1.82, 2.24) is 43.8 Å². The van der Waals surface area contributed by atoms with Gasteiger partial charge in [0.25, 0.3) is 0 Å². The Morgan fingerprint density at radius 2 is 1.90 bits per heavy atom. The van der Waals surface area contributed by atoms with Crippen LogP contribution in [0.4, 0.5) is 17.6 Å². The van der Waals surface area contributed by atoms with Gasteiger partial charge in [0.2, 0.25) is 5.95 Å². The lowest BCUT2D eigenvalue weighted by Crippen LogP contribution is -2.24. The second kappa shape index (κ2) is 9.38. The number of hydrogen-bond acceptors (Lipinski definition) is 9. The van der Waals surface area contributed by atoms with Crippen molar-refractivity contribution in [2.45, 2.75) is 38.6 Å². The van der Waals surface area contributed by atoms with Crippen LogP contribution in [0.25, 0.3) is 16.7 Å². The molecule has 1 atom stereocenters. The molecule has 2 N–H and O–H groups in total. The summed E-state index contributed by atoms with van der Waals surface area (Å²) in [5.74, 6) is 2.94. The number of anilines is 3. The lowest BCUT2D eigenvalue weighted by molar-refractivity contribution is 0.366. The second-order valence-corrected chi connectivity index (χ2v) is 11.4. The number of rotatable bonds is 6. The lowest BCUT2D eigenvalue weighted by Gasteiger charge is -2.23. The largest absolute Gasteiger partial charge is 0.450 e. The summed E-state index contributed by atoms with van der Waals surface area (Å²) in [5, 5.41) is 16.1. The Labute approximate surface area is 231 Å². The molecular weight excluding hydrogens is 518 g/mol. The standard InChI is InChI=1S/C26H32ClN11O/c1-26(2,3)19-9-20(34-38(19)15-7-8-35(5)13-15)32-25-33-24-23(36(25)6)22(27)18(11-30-24)39-17-12-31-37-14-21(28-4)29-10-16(17)37/h9-12,14-15,28H,7-8,13H2,1-6H3,(H,30,32,33,34). The van der Waals surface area contributed by atoms with E-state index in [1.54, 1.807) is 36.4 Å². The van der Waals surface area contributed by atoms with Crippen LogP contribution in [0.15, 0.2) is 30.9 Å². The highest BCUT2D eigenvalue weighted by Gasteiger charge is 2.29. The van der Waals surface area contributed by atoms with Crippen molar-refractivity contribution in [2.24, 2.45) is 7.05 Å². The Morgan fingerprint density at radius 3 is 2.62 bits per heavy atom. The maximum atomic E-state index is 6.84. The summed E-state index contributed by atoms with van der Waals surface area (Å²) in [7, 11) is 5.84. The van der Waals surface area contributed by atoms with Gasteiger partial charge in [-0.1, -0.05) is 32.4 Å². The summed E-state index contributed by atoms with van der Waals surface area (Å²) in [6, 6.07) is 2.45. The summed E-state index contributed by atoms with van der Waals surface area (Å²) in [6.07, 6.45) is 7.74. The summed E-state index contributed by atoms with van der Waals surface area (Å²) < 4.78 is 11.9. The van der Waals surface area contributed by atoms with Crippen LogP contribution < -0.4 is 15.4 Å². The van der Waals surface area contributed by atoms with Gasteiger partial charge in [-0.25, -0.2) is 14.5 Å². The van der Waals surface area contributed by atoms with E-state index in [1.165, 1.54) is 5.69 Å². The number of nitrogens with one attached hydrogen (secondary N) is 2. The van der Waals surface area contributed by atoms with E-state index in [4.69, 9.17) is 26.4 Å². The summed E-state index contributed by atoms with van der Waals surface area (Å²) in [6.45, 7) is 8.69. The Kier molecular flexibility index (Phi) is 6.11. The molecule has 6 rings (SSSR count). The molecule has 0 aliphatic carbocycles. The molecule has 6 heterocycles. The Balaban J connectivity index is 1.32. The molecule has 1 aliphatic rings. The minimum atomic E-state index is -0.0558. The molecule has 1 saturated heterocycles. The van der Waals surface area contributed by atoms with Gasteiger partial charge in [0, 0.05) is 37.8 Å². The predicted molar refractivity (Wildman–Crippen MR) is 151 cm³/mol. The zero-order valence-corrected chi connectivity index (χ0v) is 23.7. The molecular formula is C26H32ClN11O. The SMILES string of the molecule is CNc1cn2ncc(Oc3cnc4nc(Nc5cc(C(C)(C)C)n(C6CCN(C)C6)n5)n(C)c4c3Cl)c2cn1. The number of ether oxygens (including phenoxy) is 1. The van der Waals surface area contributed by atoms with Crippen molar-refractivity contribution in [3.05, 3.63) is 41.6 Å². The van der Waals surface area contributed by atoms with Crippen LogP contribution in [0.3, 0.4) is 0 Å². The first-order chi connectivity index (χ1) is 18.6. The smallest absolute Gasteiger partial charge is 0.210 e. The lowest BCUT2D eigenvalue weighted by atomic mass is 9.91. The molecule has 204 valence electrons. The minimum absolute atomic E-state index is 0.0558. The van der Waals surface area contributed by atoms with Crippen molar-refractivity contribution >= 4 is 45.9 Å². The Hall–Kier alpha value is -3.90. The van der Waals surface area contributed by atoms with Gasteiger partial charge in [0.1, 0.15) is 21.9 Å². The summed E-state index contributed by atoms with van der Waals surface area (Å²) in [5.41, 5.74) is 2.98. The summed E-state index contributed by atoms with van der Waals surface area (Å²) in [4.78, 5) is 15.9. The van der Waals surface area contributed by atoms with Crippen molar-refractivity contribution in [2.75, 3.05) is 37.8 Å². The highest BCUT2D eigenvalue weighted by atomic mass is 35.5. The molecule has 1 unspecified atom stereocenters. The van der Waals surface area contributed by atoms with E-state index in [1.807, 2.05) is 11.6 Å². The number of aryl methyl sites for hydroxylation is 1. The fraction of sp³-hybridized carbons (Fsp3) is 0.423. The molecule has 0 amide bonds. The van der Waals surface area contributed by atoms with Gasteiger partial charge in [-0.05, 0) is 20.0 Å². The fourth-order valence-corrected chi connectivity index (χ4v) is 5.30. The van der Waals surface area contributed by atoms with Crippen LogP contribution >= 0.6 is 11.6 Å². The van der Waals surface area contributed by atoms with Crippen LogP contribution in [-0.4, -0.2) is 71.0 Å². The van der Waals surface area contributed by atoms with E-state index in [0.717, 1.165) is 25.3 Å². The number of hydrogen-bond donors (Lipinski definition) is 2. The molecule has 1 fully saturated rings. The van der Waals surface area contributed by atoms with Gasteiger partial charge >= 0.3 is 0 Å². The number of aromatic nitrogens is 8. The van der Waals surface area contributed by atoms with Gasteiger partial charge in [0.15, 0.2) is 23.0 Å². The van der Waals surface area contributed by atoms with Crippen LogP contribution in [0.1, 0.15) is 38.9 Å². The van der Waals surface area contributed by atoms with E-state index in [-0.39, 0.29) is 5.41 Å². The number of likely N-dealkylation sites (N-methyl/N-ethyl adjacent to an activating group) is 1. The third kappa shape index (κ3) is 4.53. The third-order valence-corrected chi connectivity index (χ3v) is 7.47. The Bertz CT molecular complexity index is 1680. The molecule has 0 bridgehead atoms. The number of imidazole rings is 1. The highest BCUT2D eigenvalue weighted by Crippen LogP contribution is 2.37. The van der Waals surface area contributed by atoms with E-state index >= 15 is 0 Å². The molecule has 13 heteroatoms. The molecule has 5 aromatic rings. The van der Waals surface area contributed by atoms with Gasteiger partial charge in [-0.2, -0.15) is 15.2 Å². The predicted octanol–water partition coefficient (Wildman–Crippen LogP) is 4.61. The second-order valence-electron chi connectivity index (χ2n) is 11.0. The molecule has 39 heavy (non-hydrogen) atoms. The van der Waals surface area contributed by atoms with Crippen LogP contribution in [0.5, 0.6) is 11.5 Å². The number of halogens is 1. The maximum Gasteiger partial charge on any atom is 0.210 e. The molecule has 1 aliphatic heterocycles. The third-order valence-electron chi connectivity index (χ3n) is 7.11. The van der Waals surface area contributed by atoms with Gasteiger partial charge < -0.3 is 24.8 Å². The van der Waals surface area contributed by atoms with Crippen molar-refractivity contribution in [1.29, 1.82) is 0 Å². The molecule has 5 aromatic heterocycles. The quantitative estimate of drug-likeness (QED) is 0.313. The zero-order valence-electron chi connectivity index (χ0n) is 22.9. The molecule has 0 radical (unpaired) electrons. The average molecular weight is 550 g/mol. The zero-order chi connectivity index (χ0) is 27.5. The first kappa shape index (κ1) is 25.4. The van der Waals surface area contributed by atoms with Crippen molar-refractivity contribution in [3.63, 3.8) is 0 Å². The van der Waals surface area contributed by atoms with Crippen LogP contribution in [-0.2, 0) is 12.5 Å². The van der Waals surface area contributed by atoms with Crippen LogP contribution in [0.2, 0.25) is 5.02 Å². The van der Waals surface area contributed by atoms with Gasteiger partial charge in [-0.15, -0.1) is 0 Å². The first-order valence-electron chi connectivity index (χ1n) is 12.9. The van der Waals surface area contributed by atoms with E-state index in [0.29, 0.717) is 51.0 Å². The molecule has 0 aromatic carbocycles. The highest BCUT2D eigenvalue weighted by molar-refractivity contribution is 6.36.